The molecule has 2 atom stereocenters. The van der Waals surface area contributed by atoms with Crippen LogP contribution in [0.4, 0.5) is 14.6 Å². The lowest BCUT2D eigenvalue weighted by molar-refractivity contribution is -0.118. The van der Waals surface area contributed by atoms with Gasteiger partial charge in [0, 0.05) is 18.7 Å². The predicted molar refractivity (Wildman–Crippen MR) is 137 cm³/mol. The number of benzene rings is 2. The lowest BCUT2D eigenvalue weighted by Crippen LogP contribution is -2.48. The highest BCUT2D eigenvalue weighted by Gasteiger charge is 2.27. The summed E-state index contributed by atoms with van der Waals surface area (Å²) in [5.74, 6) is 1.76. The van der Waals surface area contributed by atoms with Crippen molar-refractivity contribution in [2.45, 2.75) is 57.7 Å². The van der Waals surface area contributed by atoms with E-state index in [1.165, 1.54) is 6.07 Å². The van der Waals surface area contributed by atoms with Crippen LogP contribution in [-0.4, -0.2) is 34.1 Å². The Morgan fingerprint density at radius 3 is 2.94 bits per heavy atom. The monoisotopic (exact) mass is 491 g/mol. The van der Waals surface area contributed by atoms with Gasteiger partial charge < -0.3 is 20.5 Å². The number of rotatable bonds is 10. The second-order valence-electron chi connectivity index (χ2n) is 9.06. The Kier molecular flexibility index (Phi) is 8.47. The highest BCUT2D eigenvalue weighted by atomic mass is 19.1. The van der Waals surface area contributed by atoms with Crippen LogP contribution in [0.25, 0.3) is 5.69 Å². The standard InChI is InChI=1S/C28H31F2N5O/c1-3-7-25(33-22-11-10-19-13-21(29)14-24(30)23(19)15-22)28(36)34-27-17-35(18-32-27)26-9-6-5-8-20(26)16-31-12-4-2/h2,5-6,8-9,13-14,17-18,22,25,31,33H,3,7,10-12,15-16H2,1H3,(H,34,36)/t22-,25+/m0/s1. The molecule has 1 aliphatic carbocycles. The Balaban J connectivity index is 1.42. The molecule has 8 heteroatoms. The second-order valence-corrected chi connectivity index (χ2v) is 9.06. The largest absolute Gasteiger partial charge is 0.308 e. The van der Waals surface area contributed by atoms with E-state index < -0.39 is 17.7 Å². The van der Waals surface area contributed by atoms with Gasteiger partial charge in [-0.15, -0.1) is 6.42 Å². The van der Waals surface area contributed by atoms with Crippen LogP contribution in [0.2, 0.25) is 0 Å². The number of aryl methyl sites for hydroxylation is 1. The molecular weight excluding hydrogens is 460 g/mol. The van der Waals surface area contributed by atoms with Crippen LogP contribution in [0.15, 0.2) is 48.9 Å². The molecule has 3 N–H and O–H groups in total. The molecule has 2 aromatic carbocycles. The summed E-state index contributed by atoms with van der Waals surface area (Å²) >= 11 is 0. The number of hydrogen-bond acceptors (Lipinski definition) is 4. The molecule has 1 heterocycles. The van der Waals surface area contributed by atoms with Gasteiger partial charge in [0.05, 0.1) is 24.5 Å². The number of anilines is 1. The van der Waals surface area contributed by atoms with Gasteiger partial charge in [-0.1, -0.05) is 37.5 Å². The fourth-order valence-electron chi connectivity index (χ4n) is 4.71. The predicted octanol–water partition coefficient (Wildman–Crippen LogP) is 4.13. The first-order chi connectivity index (χ1) is 17.5. The molecule has 3 aromatic rings. The van der Waals surface area contributed by atoms with E-state index in [1.807, 2.05) is 35.8 Å². The van der Waals surface area contributed by atoms with Crippen LogP contribution in [0.1, 0.15) is 42.9 Å². The Bertz CT molecular complexity index is 1250. The van der Waals surface area contributed by atoms with Gasteiger partial charge in [0.1, 0.15) is 18.0 Å². The first kappa shape index (κ1) is 25.5. The van der Waals surface area contributed by atoms with E-state index in [4.69, 9.17) is 6.42 Å². The van der Waals surface area contributed by atoms with Crippen molar-refractivity contribution in [1.29, 1.82) is 0 Å². The third-order valence-electron chi connectivity index (χ3n) is 6.44. The highest BCUT2D eigenvalue weighted by Crippen LogP contribution is 2.26. The van der Waals surface area contributed by atoms with E-state index in [0.717, 1.165) is 23.7 Å². The number of fused-ring (bicyclic) bond motifs is 1. The van der Waals surface area contributed by atoms with Gasteiger partial charge in [-0.25, -0.2) is 13.8 Å². The molecular formula is C28H31F2N5O. The number of amides is 1. The number of imidazole rings is 1. The van der Waals surface area contributed by atoms with Crippen molar-refractivity contribution in [2.24, 2.45) is 0 Å². The van der Waals surface area contributed by atoms with Crippen LogP contribution < -0.4 is 16.0 Å². The molecule has 1 aromatic heterocycles. The molecule has 4 rings (SSSR count). The fraction of sp³-hybridized carbons (Fsp3) is 0.357. The van der Waals surface area contributed by atoms with Crippen molar-refractivity contribution >= 4 is 11.7 Å². The third kappa shape index (κ3) is 6.17. The molecule has 0 saturated carbocycles. The smallest absolute Gasteiger partial charge is 0.242 e. The van der Waals surface area contributed by atoms with E-state index in [2.05, 4.69) is 26.9 Å². The number of nitrogens with one attached hydrogen (secondary N) is 3. The molecule has 0 bridgehead atoms. The first-order valence-electron chi connectivity index (χ1n) is 12.3. The highest BCUT2D eigenvalue weighted by molar-refractivity contribution is 5.94. The summed E-state index contributed by atoms with van der Waals surface area (Å²) in [6.45, 7) is 3.10. The number of aromatic nitrogens is 2. The van der Waals surface area contributed by atoms with Crippen LogP contribution >= 0.6 is 0 Å². The number of terminal acetylenes is 1. The first-order valence-corrected chi connectivity index (χ1v) is 12.3. The molecule has 188 valence electrons. The summed E-state index contributed by atoms with van der Waals surface area (Å²) in [5.41, 5.74) is 3.24. The molecule has 1 amide bonds. The Morgan fingerprint density at radius 2 is 2.14 bits per heavy atom. The molecule has 0 radical (unpaired) electrons. The average Bonchev–Trinajstić information content (AvgIpc) is 3.32. The van der Waals surface area contributed by atoms with E-state index in [-0.39, 0.29) is 11.9 Å². The minimum atomic E-state index is -0.549. The van der Waals surface area contributed by atoms with Gasteiger partial charge in [-0.3, -0.25) is 4.79 Å². The maximum Gasteiger partial charge on any atom is 0.242 e. The zero-order valence-electron chi connectivity index (χ0n) is 20.4. The Labute approximate surface area is 210 Å². The zero-order chi connectivity index (χ0) is 25.5. The van der Waals surface area contributed by atoms with E-state index >= 15 is 0 Å². The number of hydrogen-bond donors (Lipinski definition) is 3. The molecule has 0 fully saturated rings. The van der Waals surface area contributed by atoms with Crippen molar-refractivity contribution in [2.75, 3.05) is 11.9 Å². The second kappa shape index (κ2) is 11.9. The van der Waals surface area contributed by atoms with Crippen molar-refractivity contribution in [3.63, 3.8) is 0 Å². The summed E-state index contributed by atoms with van der Waals surface area (Å²) in [6, 6.07) is 9.71. The number of para-hydroxylation sites is 1. The topological polar surface area (TPSA) is 71.0 Å². The van der Waals surface area contributed by atoms with Crippen LogP contribution in [0, 0.1) is 24.0 Å². The van der Waals surface area contributed by atoms with Gasteiger partial charge in [0.15, 0.2) is 5.82 Å². The maximum absolute atomic E-state index is 14.3. The minimum absolute atomic E-state index is 0.0697. The van der Waals surface area contributed by atoms with Crippen LogP contribution in [0.3, 0.4) is 0 Å². The molecule has 0 aliphatic heterocycles. The maximum atomic E-state index is 14.3. The van der Waals surface area contributed by atoms with Gasteiger partial charge in [0.25, 0.3) is 0 Å². The number of halogens is 2. The molecule has 0 spiro atoms. The van der Waals surface area contributed by atoms with Crippen molar-refractivity contribution < 1.29 is 13.6 Å². The van der Waals surface area contributed by atoms with Gasteiger partial charge in [-0.2, -0.15) is 0 Å². The lowest BCUT2D eigenvalue weighted by Gasteiger charge is -2.29. The zero-order valence-corrected chi connectivity index (χ0v) is 20.4. The molecule has 1 aliphatic rings. The average molecular weight is 492 g/mol. The van der Waals surface area contributed by atoms with Crippen LogP contribution in [0.5, 0.6) is 0 Å². The minimum Gasteiger partial charge on any atom is -0.308 e. The summed E-state index contributed by atoms with van der Waals surface area (Å²) in [4.78, 5) is 17.5. The SMILES string of the molecule is C#CCNCc1ccccc1-n1cnc(NC(=O)[C@@H](CCC)N[C@H]2CCc3cc(F)cc(F)c3C2)c1. The number of carbonyl (C=O) groups excluding carboxylic acids is 1. The number of nitrogens with zero attached hydrogens (tertiary/aromatic N) is 2. The third-order valence-corrected chi connectivity index (χ3v) is 6.44. The fourth-order valence-corrected chi connectivity index (χ4v) is 4.71. The summed E-state index contributed by atoms with van der Waals surface area (Å²) < 4.78 is 29.7. The van der Waals surface area contributed by atoms with Gasteiger partial charge >= 0.3 is 0 Å². The van der Waals surface area contributed by atoms with E-state index in [1.54, 1.807) is 12.5 Å². The summed E-state index contributed by atoms with van der Waals surface area (Å²) in [6.07, 6.45) is 11.9. The summed E-state index contributed by atoms with van der Waals surface area (Å²) in [7, 11) is 0. The molecule has 36 heavy (non-hydrogen) atoms. The quantitative estimate of drug-likeness (QED) is 0.295. The van der Waals surface area contributed by atoms with Crippen molar-refractivity contribution in [1.82, 2.24) is 20.2 Å². The van der Waals surface area contributed by atoms with Gasteiger partial charge in [0.2, 0.25) is 5.91 Å². The normalized spacial score (nSPS) is 15.7. The lowest BCUT2D eigenvalue weighted by atomic mass is 9.87. The van der Waals surface area contributed by atoms with E-state index in [0.29, 0.717) is 55.7 Å². The Morgan fingerprint density at radius 1 is 1.31 bits per heavy atom. The number of carbonyl (C=O) groups is 1. The summed E-state index contributed by atoms with van der Waals surface area (Å²) in [5, 5.41) is 9.51. The molecule has 6 nitrogen and oxygen atoms in total. The van der Waals surface area contributed by atoms with Gasteiger partial charge in [-0.05, 0) is 54.5 Å². The molecule has 0 saturated heterocycles. The van der Waals surface area contributed by atoms with Crippen molar-refractivity contribution in [3.8, 4) is 18.0 Å². The van der Waals surface area contributed by atoms with Crippen molar-refractivity contribution in [3.05, 3.63) is 77.2 Å². The van der Waals surface area contributed by atoms with Crippen LogP contribution in [-0.2, 0) is 24.2 Å². The molecule has 0 unspecified atom stereocenters. The van der Waals surface area contributed by atoms with E-state index in [9.17, 15) is 13.6 Å². The Hall–Kier alpha value is -3.54.